The van der Waals surface area contributed by atoms with E-state index in [4.69, 9.17) is 4.74 Å². The first-order chi connectivity index (χ1) is 7.67. The van der Waals surface area contributed by atoms with Gasteiger partial charge in [-0.3, -0.25) is 9.59 Å². The molecule has 1 N–H and O–H groups in total. The van der Waals surface area contributed by atoms with Crippen molar-refractivity contribution in [3.8, 4) is 5.75 Å². The Morgan fingerprint density at radius 3 is 2.75 bits per heavy atom. The number of pyridine rings is 1. The van der Waals surface area contributed by atoms with Crippen molar-refractivity contribution in [3.05, 3.63) is 39.8 Å². The maximum Gasteiger partial charge on any atom is 0.248 e. The molecule has 0 aliphatic rings. The Hall–Kier alpha value is -2.10. The van der Waals surface area contributed by atoms with Crippen molar-refractivity contribution < 1.29 is 9.53 Å². The third-order valence-electron chi connectivity index (χ3n) is 2.55. The maximum atomic E-state index is 11.3. The van der Waals surface area contributed by atoms with Crippen molar-refractivity contribution in [1.29, 1.82) is 0 Å². The molecule has 0 saturated heterocycles. The first-order valence-corrected chi connectivity index (χ1v) is 4.83. The Labute approximate surface area is 91.9 Å². The Balaban J connectivity index is 2.97. The molecule has 1 heterocycles. The number of rotatable bonds is 2. The quantitative estimate of drug-likeness (QED) is 0.778. The fourth-order valence-corrected chi connectivity index (χ4v) is 1.88. The molecule has 0 aliphatic carbocycles. The number of aromatic nitrogens is 1. The molecule has 4 heteroatoms. The number of ether oxygens (including phenoxy) is 1. The topological polar surface area (TPSA) is 59.2 Å². The molecule has 0 aliphatic heterocycles. The smallest absolute Gasteiger partial charge is 0.248 e. The first-order valence-electron chi connectivity index (χ1n) is 4.83. The lowest BCUT2D eigenvalue weighted by Gasteiger charge is -2.08. The minimum absolute atomic E-state index is 0.174. The third kappa shape index (κ3) is 1.48. The standard InChI is InChI=1S/C12H11NO3/c1-7-12-8(5-11(15)13-7)3-4-10(16-2)9(12)6-14/h3-6H,1-2H3,(H,13,15). The highest BCUT2D eigenvalue weighted by Crippen LogP contribution is 2.26. The van der Waals surface area contributed by atoms with Crippen LogP contribution < -0.4 is 10.3 Å². The van der Waals surface area contributed by atoms with Crippen LogP contribution in [0, 0.1) is 6.92 Å². The van der Waals surface area contributed by atoms with Gasteiger partial charge in [0.05, 0.1) is 12.7 Å². The second-order valence-electron chi connectivity index (χ2n) is 3.52. The maximum absolute atomic E-state index is 11.3. The third-order valence-corrected chi connectivity index (χ3v) is 2.55. The Morgan fingerprint density at radius 1 is 1.38 bits per heavy atom. The molecule has 0 unspecified atom stereocenters. The lowest BCUT2D eigenvalue weighted by Crippen LogP contribution is -2.07. The zero-order chi connectivity index (χ0) is 11.7. The molecule has 2 rings (SSSR count). The molecule has 0 spiro atoms. The van der Waals surface area contributed by atoms with Crippen molar-refractivity contribution in [2.24, 2.45) is 0 Å². The molecule has 4 nitrogen and oxygen atoms in total. The molecule has 1 aromatic carbocycles. The number of hydrogen-bond acceptors (Lipinski definition) is 3. The fourth-order valence-electron chi connectivity index (χ4n) is 1.88. The summed E-state index contributed by atoms with van der Waals surface area (Å²) in [5.41, 5.74) is 0.962. The van der Waals surface area contributed by atoms with Crippen molar-refractivity contribution >= 4 is 17.1 Å². The van der Waals surface area contributed by atoms with Gasteiger partial charge in [-0.15, -0.1) is 0 Å². The Kier molecular flexibility index (Phi) is 2.48. The van der Waals surface area contributed by atoms with Gasteiger partial charge >= 0.3 is 0 Å². The van der Waals surface area contributed by atoms with Gasteiger partial charge in [0.15, 0.2) is 6.29 Å². The second kappa shape index (κ2) is 3.81. The number of methoxy groups -OCH3 is 1. The Bertz CT molecular complexity index is 613. The van der Waals surface area contributed by atoms with Crippen LogP contribution in [0.2, 0.25) is 0 Å². The molecule has 0 bridgehead atoms. The van der Waals surface area contributed by atoms with Gasteiger partial charge in [0.1, 0.15) is 5.75 Å². The van der Waals surface area contributed by atoms with Gasteiger partial charge in [-0.25, -0.2) is 0 Å². The number of fused-ring (bicyclic) bond motifs is 1. The SMILES string of the molecule is COc1ccc2cc(=O)[nH]c(C)c2c1C=O. The number of benzene rings is 1. The first kappa shape index (κ1) is 10.4. The highest BCUT2D eigenvalue weighted by molar-refractivity contribution is 6.01. The van der Waals surface area contributed by atoms with Crippen LogP contribution in [0.15, 0.2) is 23.0 Å². The van der Waals surface area contributed by atoms with E-state index in [-0.39, 0.29) is 5.56 Å². The number of carbonyl (C=O) groups excluding carboxylic acids is 1. The molecule has 1 aromatic heterocycles. The van der Waals surface area contributed by atoms with E-state index in [1.807, 2.05) is 0 Å². The average Bonchev–Trinajstić information content (AvgIpc) is 2.27. The van der Waals surface area contributed by atoms with E-state index in [0.717, 1.165) is 17.1 Å². The number of hydrogen-bond donors (Lipinski definition) is 1. The van der Waals surface area contributed by atoms with E-state index in [9.17, 15) is 9.59 Å². The van der Waals surface area contributed by atoms with Gasteiger partial charge in [0.2, 0.25) is 5.56 Å². The van der Waals surface area contributed by atoms with Crippen LogP contribution in [0.1, 0.15) is 16.1 Å². The zero-order valence-corrected chi connectivity index (χ0v) is 9.03. The molecular weight excluding hydrogens is 206 g/mol. The number of aryl methyl sites for hydroxylation is 1. The number of aldehydes is 1. The molecular formula is C12H11NO3. The minimum atomic E-state index is -0.174. The van der Waals surface area contributed by atoms with Gasteiger partial charge in [0.25, 0.3) is 0 Å². The molecule has 0 atom stereocenters. The van der Waals surface area contributed by atoms with Gasteiger partial charge in [-0.2, -0.15) is 0 Å². The number of aromatic amines is 1. The average molecular weight is 217 g/mol. The zero-order valence-electron chi connectivity index (χ0n) is 9.03. The molecule has 0 amide bonds. The van der Waals surface area contributed by atoms with Crippen LogP contribution >= 0.6 is 0 Å². The van der Waals surface area contributed by atoms with Gasteiger partial charge < -0.3 is 9.72 Å². The van der Waals surface area contributed by atoms with Crippen molar-refractivity contribution in [1.82, 2.24) is 4.98 Å². The monoisotopic (exact) mass is 217 g/mol. The van der Waals surface area contributed by atoms with E-state index in [0.29, 0.717) is 17.0 Å². The predicted molar refractivity (Wildman–Crippen MR) is 61.2 cm³/mol. The van der Waals surface area contributed by atoms with Crippen LogP contribution in [0.25, 0.3) is 10.8 Å². The van der Waals surface area contributed by atoms with Crippen LogP contribution in [0.5, 0.6) is 5.75 Å². The molecule has 0 saturated carbocycles. The summed E-state index contributed by atoms with van der Waals surface area (Å²) >= 11 is 0. The second-order valence-corrected chi connectivity index (χ2v) is 3.52. The molecule has 0 fully saturated rings. The highest BCUT2D eigenvalue weighted by Gasteiger charge is 2.10. The van der Waals surface area contributed by atoms with E-state index >= 15 is 0 Å². The summed E-state index contributed by atoms with van der Waals surface area (Å²) in [6, 6.07) is 4.92. The van der Waals surface area contributed by atoms with Crippen LogP contribution in [-0.2, 0) is 0 Å². The number of carbonyl (C=O) groups is 1. The van der Waals surface area contributed by atoms with Gasteiger partial charge in [-0.05, 0) is 18.4 Å². The van der Waals surface area contributed by atoms with Crippen LogP contribution in [-0.4, -0.2) is 18.4 Å². The van der Waals surface area contributed by atoms with Crippen molar-refractivity contribution in [3.63, 3.8) is 0 Å². The Morgan fingerprint density at radius 2 is 2.12 bits per heavy atom. The summed E-state index contributed by atoms with van der Waals surface area (Å²) < 4.78 is 5.11. The number of nitrogens with one attached hydrogen (secondary N) is 1. The summed E-state index contributed by atoms with van der Waals surface area (Å²) in [7, 11) is 1.51. The predicted octanol–water partition coefficient (Wildman–Crippen LogP) is 1.66. The molecule has 0 radical (unpaired) electrons. The lowest BCUT2D eigenvalue weighted by atomic mass is 10.0. The largest absolute Gasteiger partial charge is 0.496 e. The highest BCUT2D eigenvalue weighted by atomic mass is 16.5. The van der Waals surface area contributed by atoms with E-state index < -0.39 is 0 Å². The van der Waals surface area contributed by atoms with E-state index in [2.05, 4.69) is 4.98 Å². The lowest BCUT2D eigenvalue weighted by molar-refractivity contribution is 0.112. The summed E-state index contributed by atoms with van der Waals surface area (Å²) in [4.78, 5) is 25.0. The van der Waals surface area contributed by atoms with Gasteiger partial charge in [0, 0.05) is 17.1 Å². The molecule has 2 aromatic rings. The fraction of sp³-hybridized carbons (Fsp3) is 0.167. The van der Waals surface area contributed by atoms with Crippen molar-refractivity contribution in [2.75, 3.05) is 7.11 Å². The van der Waals surface area contributed by atoms with E-state index in [1.165, 1.54) is 13.2 Å². The molecule has 82 valence electrons. The summed E-state index contributed by atoms with van der Waals surface area (Å²) in [6.07, 6.45) is 0.743. The van der Waals surface area contributed by atoms with Crippen molar-refractivity contribution in [2.45, 2.75) is 6.92 Å². The van der Waals surface area contributed by atoms with Crippen LogP contribution in [0.3, 0.4) is 0 Å². The van der Waals surface area contributed by atoms with E-state index in [1.54, 1.807) is 19.1 Å². The summed E-state index contributed by atoms with van der Waals surface area (Å²) in [5.74, 6) is 0.512. The van der Waals surface area contributed by atoms with Gasteiger partial charge in [-0.1, -0.05) is 6.07 Å². The minimum Gasteiger partial charge on any atom is -0.496 e. The summed E-state index contributed by atoms with van der Waals surface area (Å²) in [5, 5.41) is 1.47. The van der Waals surface area contributed by atoms with Crippen LogP contribution in [0.4, 0.5) is 0 Å². The summed E-state index contributed by atoms with van der Waals surface area (Å²) in [6.45, 7) is 1.76. The normalized spacial score (nSPS) is 10.4. The molecule has 16 heavy (non-hydrogen) atoms. The number of H-pyrrole nitrogens is 1.